The number of methoxy groups -OCH3 is 1. The lowest BCUT2D eigenvalue weighted by Crippen LogP contribution is -2.49. The standard InChI is InChI=1S/C22H28N2O3/c1-3-27-21(25)22(15-18-8-6-10-20(14-18)26-2)11-7-13-24(17-22)16-19-9-4-5-12-23-19/h4-6,8-10,12,14H,3,7,11,13,15-17H2,1-2H3/t22-/m0/s1. The lowest BCUT2D eigenvalue weighted by Gasteiger charge is -2.41. The molecular weight excluding hydrogens is 340 g/mol. The Labute approximate surface area is 161 Å². The molecule has 0 N–H and O–H groups in total. The molecule has 5 heteroatoms. The number of hydrogen-bond acceptors (Lipinski definition) is 5. The van der Waals surface area contributed by atoms with E-state index in [1.807, 2.05) is 49.5 Å². The van der Waals surface area contributed by atoms with E-state index in [4.69, 9.17) is 9.47 Å². The summed E-state index contributed by atoms with van der Waals surface area (Å²) in [6.07, 6.45) is 4.27. The van der Waals surface area contributed by atoms with Gasteiger partial charge in [0, 0.05) is 19.3 Å². The predicted molar refractivity (Wildman–Crippen MR) is 105 cm³/mol. The third kappa shape index (κ3) is 4.86. The molecule has 2 aromatic rings. The van der Waals surface area contributed by atoms with Crippen molar-refractivity contribution in [3.8, 4) is 5.75 Å². The van der Waals surface area contributed by atoms with Gasteiger partial charge in [0.05, 0.1) is 24.8 Å². The van der Waals surface area contributed by atoms with Gasteiger partial charge in [-0.3, -0.25) is 14.7 Å². The fourth-order valence-electron chi connectivity index (χ4n) is 3.92. The van der Waals surface area contributed by atoms with Gasteiger partial charge in [-0.1, -0.05) is 18.2 Å². The molecule has 1 aromatic carbocycles. The number of carbonyl (C=O) groups is 1. The van der Waals surface area contributed by atoms with E-state index >= 15 is 0 Å². The Morgan fingerprint density at radius 1 is 1.26 bits per heavy atom. The second-order valence-corrected chi connectivity index (χ2v) is 7.16. The highest BCUT2D eigenvalue weighted by Gasteiger charge is 2.43. The minimum Gasteiger partial charge on any atom is -0.497 e. The lowest BCUT2D eigenvalue weighted by atomic mass is 9.75. The fraction of sp³-hybridized carbons (Fsp3) is 0.455. The number of carbonyl (C=O) groups excluding carboxylic acids is 1. The molecule has 1 fully saturated rings. The largest absolute Gasteiger partial charge is 0.497 e. The van der Waals surface area contributed by atoms with Crippen molar-refractivity contribution >= 4 is 5.97 Å². The van der Waals surface area contributed by atoms with E-state index in [0.29, 0.717) is 19.6 Å². The average molecular weight is 368 g/mol. The SMILES string of the molecule is CCOC(=O)[C@]1(Cc2cccc(OC)c2)CCCN(Cc2ccccn2)C1. The topological polar surface area (TPSA) is 51.7 Å². The van der Waals surface area contributed by atoms with Gasteiger partial charge in [-0.2, -0.15) is 0 Å². The summed E-state index contributed by atoms with van der Waals surface area (Å²) >= 11 is 0. The molecule has 0 saturated carbocycles. The molecule has 1 aromatic heterocycles. The van der Waals surface area contributed by atoms with Crippen LogP contribution in [-0.4, -0.2) is 42.7 Å². The van der Waals surface area contributed by atoms with Gasteiger partial charge in [-0.05, 0) is 62.6 Å². The van der Waals surface area contributed by atoms with Crippen molar-refractivity contribution in [3.05, 3.63) is 59.9 Å². The Kier molecular flexibility index (Phi) is 6.45. The van der Waals surface area contributed by atoms with Gasteiger partial charge in [-0.15, -0.1) is 0 Å². The molecule has 0 amide bonds. The minimum atomic E-state index is -0.532. The minimum absolute atomic E-state index is 0.0986. The molecular formula is C22H28N2O3. The van der Waals surface area contributed by atoms with Crippen LogP contribution in [0.1, 0.15) is 31.0 Å². The first kappa shape index (κ1) is 19.4. The maximum atomic E-state index is 13.0. The third-order valence-electron chi connectivity index (χ3n) is 5.15. The molecule has 2 heterocycles. The van der Waals surface area contributed by atoms with E-state index in [1.54, 1.807) is 7.11 Å². The summed E-state index contributed by atoms with van der Waals surface area (Å²) in [5, 5.41) is 0. The molecule has 0 radical (unpaired) electrons. The van der Waals surface area contributed by atoms with Crippen LogP contribution < -0.4 is 4.74 Å². The van der Waals surface area contributed by atoms with Crippen LogP contribution in [0.25, 0.3) is 0 Å². The normalized spacial score (nSPS) is 20.2. The van der Waals surface area contributed by atoms with E-state index in [2.05, 4.69) is 16.0 Å². The molecule has 0 spiro atoms. The van der Waals surface area contributed by atoms with E-state index in [0.717, 1.165) is 42.9 Å². The summed E-state index contributed by atoms with van der Waals surface area (Å²) in [4.78, 5) is 19.7. The summed E-state index contributed by atoms with van der Waals surface area (Å²) in [6, 6.07) is 13.9. The van der Waals surface area contributed by atoms with Crippen molar-refractivity contribution in [2.45, 2.75) is 32.7 Å². The molecule has 1 atom stereocenters. The molecule has 0 bridgehead atoms. The number of piperidine rings is 1. The Balaban J connectivity index is 1.82. The molecule has 3 rings (SSSR count). The van der Waals surface area contributed by atoms with Crippen LogP contribution in [0.15, 0.2) is 48.7 Å². The number of hydrogen-bond donors (Lipinski definition) is 0. The summed E-state index contributed by atoms with van der Waals surface area (Å²) in [7, 11) is 1.66. The zero-order valence-corrected chi connectivity index (χ0v) is 16.2. The molecule has 1 saturated heterocycles. The first-order valence-electron chi connectivity index (χ1n) is 9.57. The number of likely N-dealkylation sites (tertiary alicyclic amines) is 1. The Morgan fingerprint density at radius 3 is 2.89 bits per heavy atom. The number of rotatable bonds is 7. The van der Waals surface area contributed by atoms with Gasteiger partial charge in [0.1, 0.15) is 5.75 Å². The molecule has 27 heavy (non-hydrogen) atoms. The fourth-order valence-corrected chi connectivity index (χ4v) is 3.92. The van der Waals surface area contributed by atoms with E-state index in [9.17, 15) is 4.79 Å². The predicted octanol–water partition coefficient (Wildman–Crippen LogP) is 3.48. The number of nitrogens with zero attached hydrogens (tertiary/aromatic N) is 2. The first-order valence-corrected chi connectivity index (χ1v) is 9.57. The maximum Gasteiger partial charge on any atom is 0.313 e. The number of pyridine rings is 1. The van der Waals surface area contributed by atoms with Crippen molar-refractivity contribution in [2.75, 3.05) is 26.8 Å². The maximum absolute atomic E-state index is 13.0. The summed E-state index contributed by atoms with van der Waals surface area (Å²) in [6.45, 7) is 4.67. The van der Waals surface area contributed by atoms with Gasteiger partial charge < -0.3 is 9.47 Å². The highest BCUT2D eigenvalue weighted by Crippen LogP contribution is 2.36. The Bertz CT molecular complexity index is 750. The highest BCUT2D eigenvalue weighted by molar-refractivity contribution is 5.78. The number of benzene rings is 1. The Hall–Kier alpha value is -2.40. The Morgan fingerprint density at radius 2 is 2.15 bits per heavy atom. The summed E-state index contributed by atoms with van der Waals surface area (Å²) in [5.41, 5.74) is 1.59. The van der Waals surface area contributed by atoms with Crippen LogP contribution in [0, 0.1) is 5.41 Å². The van der Waals surface area contributed by atoms with E-state index in [1.165, 1.54) is 0 Å². The molecule has 0 unspecified atom stereocenters. The smallest absolute Gasteiger partial charge is 0.313 e. The highest BCUT2D eigenvalue weighted by atomic mass is 16.5. The van der Waals surface area contributed by atoms with Crippen molar-refractivity contribution in [1.82, 2.24) is 9.88 Å². The number of aromatic nitrogens is 1. The lowest BCUT2D eigenvalue weighted by molar-refractivity contribution is -0.159. The van der Waals surface area contributed by atoms with Gasteiger partial charge in [0.25, 0.3) is 0 Å². The van der Waals surface area contributed by atoms with Gasteiger partial charge in [0.15, 0.2) is 0 Å². The van der Waals surface area contributed by atoms with Crippen molar-refractivity contribution < 1.29 is 14.3 Å². The zero-order chi connectivity index (χ0) is 19.1. The van der Waals surface area contributed by atoms with Crippen LogP contribution >= 0.6 is 0 Å². The van der Waals surface area contributed by atoms with Gasteiger partial charge in [0.2, 0.25) is 0 Å². The third-order valence-corrected chi connectivity index (χ3v) is 5.15. The van der Waals surface area contributed by atoms with Gasteiger partial charge >= 0.3 is 5.97 Å². The molecule has 1 aliphatic rings. The van der Waals surface area contributed by atoms with Crippen LogP contribution in [0.2, 0.25) is 0 Å². The second-order valence-electron chi connectivity index (χ2n) is 7.16. The second kappa shape index (κ2) is 9.00. The quantitative estimate of drug-likeness (QED) is 0.701. The molecule has 0 aliphatic carbocycles. The van der Waals surface area contributed by atoms with Crippen LogP contribution in [0.3, 0.4) is 0 Å². The molecule has 1 aliphatic heterocycles. The number of ether oxygens (including phenoxy) is 2. The van der Waals surface area contributed by atoms with Crippen molar-refractivity contribution in [1.29, 1.82) is 0 Å². The van der Waals surface area contributed by atoms with E-state index < -0.39 is 5.41 Å². The van der Waals surface area contributed by atoms with Crippen molar-refractivity contribution in [3.63, 3.8) is 0 Å². The molecule has 5 nitrogen and oxygen atoms in total. The van der Waals surface area contributed by atoms with Crippen LogP contribution in [0.5, 0.6) is 5.75 Å². The van der Waals surface area contributed by atoms with E-state index in [-0.39, 0.29) is 5.97 Å². The van der Waals surface area contributed by atoms with Gasteiger partial charge in [-0.25, -0.2) is 0 Å². The summed E-state index contributed by atoms with van der Waals surface area (Å²) in [5.74, 6) is 0.714. The van der Waals surface area contributed by atoms with Crippen LogP contribution in [-0.2, 0) is 22.5 Å². The van der Waals surface area contributed by atoms with Crippen molar-refractivity contribution in [2.24, 2.45) is 5.41 Å². The van der Waals surface area contributed by atoms with Crippen LogP contribution in [0.4, 0.5) is 0 Å². The molecule has 144 valence electrons. The monoisotopic (exact) mass is 368 g/mol. The number of esters is 1. The zero-order valence-electron chi connectivity index (χ0n) is 16.2. The summed E-state index contributed by atoms with van der Waals surface area (Å²) < 4.78 is 10.8. The first-order chi connectivity index (χ1) is 13.1. The average Bonchev–Trinajstić information content (AvgIpc) is 2.69.